The Morgan fingerprint density at radius 1 is 1.19 bits per heavy atom. The van der Waals surface area contributed by atoms with E-state index in [1.165, 1.54) is 44.9 Å². The number of hydrogen-bond donors (Lipinski definition) is 1. The molecule has 4 saturated carbocycles. The van der Waals surface area contributed by atoms with Crippen LogP contribution in [0.2, 0.25) is 0 Å². The first kappa shape index (κ1) is 14.0. The first-order chi connectivity index (χ1) is 10.00. The van der Waals surface area contributed by atoms with Gasteiger partial charge in [-0.3, -0.25) is 4.79 Å². The van der Waals surface area contributed by atoms with Crippen molar-refractivity contribution < 1.29 is 4.79 Å². The Labute approximate surface area is 128 Å². The molecule has 118 valence electrons. The van der Waals surface area contributed by atoms with E-state index in [1.54, 1.807) is 0 Å². The van der Waals surface area contributed by atoms with Crippen LogP contribution in [0.5, 0.6) is 0 Å². The van der Waals surface area contributed by atoms with Crippen LogP contribution < -0.4 is 5.32 Å². The zero-order valence-corrected chi connectivity index (χ0v) is 13.7. The monoisotopic (exact) mass is 290 g/mol. The molecule has 21 heavy (non-hydrogen) atoms. The summed E-state index contributed by atoms with van der Waals surface area (Å²) in [6.07, 6.45) is 10.1. The van der Waals surface area contributed by atoms with Crippen LogP contribution in [0.1, 0.15) is 58.3 Å². The van der Waals surface area contributed by atoms with Gasteiger partial charge in [0.2, 0.25) is 5.91 Å². The second kappa shape index (κ2) is 4.71. The van der Waals surface area contributed by atoms with Crippen molar-refractivity contribution in [3.8, 4) is 0 Å². The maximum atomic E-state index is 13.3. The summed E-state index contributed by atoms with van der Waals surface area (Å²) in [7, 11) is 2.07. The third kappa shape index (κ3) is 2.23. The average molecular weight is 290 g/mol. The van der Waals surface area contributed by atoms with Gasteiger partial charge in [0.15, 0.2) is 0 Å². The number of piperidine rings is 1. The standard InChI is InChI=1S/C18H30N2O/c1-17-7-13-6-14(8-17)10-18(9-13,12-17)16(21)20(2)15-4-3-5-19-11-15/h13-15,19H,3-12H2,1-2H3. The summed E-state index contributed by atoms with van der Waals surface area (Å²) in [5.41, 5.74) is 0.469. The van der Waals surface area contributed by atoms with Crippen LogP contribution in [0.3, 0.4) is 0 Å². The fraction of sp³-hybridized carbons (Fsp3) is 0.944. The first-order valence-electron chi connectivity index (χ1n) is 8.98. The Morgan fingerprint density at radius 2 is 1.90 bits per heavy atom. The van der Waals surface area contributed by atoms with Gasteiger partial charge in [-0.2, -0.15) is 0 Å². The second-order valence-electron chi connectivity index (χ2n) is 8.97. The van der Waals surface area contributed by atoms with Crippen molar-refractivity contribution in [1.82, 2.24) is 10.2 Å². The third-order valence-electron chi connectivity index (χ3n) is 6.95. The topological polar surface area (TPSA) is 32.3 Å². The van der Waals surface area contributed by atoms with Gasteiger partial charge in [-0.15, -0.1) is 0 Å². The molecule has 4 bridgehead atoms. The normalized spacial score (nSPS) is 48.4. The van der Waals surface area contributed by atoms with E-state index in [2.05, 4.69) is 24.2 Å². The molecule has 4 aliphatic carbocycles. The Kier molecular flexibility index (Phi) is 3.15. The highest BCUT2D eigenvalue weighted by Gasteiger charge is 2.59. The number of rotatable bonds is 2. The lowest BCUT2D eigenvalue weighted by Gasteiger charge is -2.61. The molecule has 3 unspecified atom stereocenters. The van der Waals surface area contributed by atoms with E-state index in [-0.39, 0.29) is 5.41 Å². The Morgan fingerprint density at radius 3 is 2.48 bits per heavy atom. The van der Waals surface area contributed by atoms with E-state index >= 15 is 0 Å². The van der Waals surface area contributed by atoms with Gasteiger partial charge in [0.25, 0.3) is 0 Å². The van der Waals surface area contributed by atoms with Gasteiger partial charge in [0, 0.05) is 19.6 Å². The number of likely N-dealkylation sites (N-methyl/N-ethyl adjacent to an activating group) is 1. The predicted octanol–water partition coefficient (Wildman–Crippen LogP) is 2.80. The Bertz CT molecular complexity index is 426. The smallest absolute Gasteiger partial charge is 0.228 e. The van der Waals surface area contributed by atoms with Gasteiger partial charge < -0.3 is 10.2 Å². The van der Waals surface area contributed by atoms with Crippen LogP contribution in [0.4, 0.5) is 0 Å². The molecule has 0 aromatic carbocycles. The van der Waals surface area contributed by atoms with Crippen LogP contribution in [0, 0.1) is 22.7 Å². The van der Waals surface area contributed by atoms with Gasteiger partial charge >= 0.3 is 0 Å². The van der Waals surface area contributed by atoms with Gasteiger partial charge in [-0.1, -0.05) is 6.92 Å². The van der Waals surface area contributed by atoms with Crippen molar-refractivity contribution in [2.24, 2.45) is 22.7 Å². The lowest BCUT2D eigenvalue weighted by molar-refractivity contribution is -0.167. The van der Waals surface area contributed by atoms with E-state index in [0.717, 1.165) is 31.3 Å². The average Bonchev–Trinajstić information content (AvgIpc) is 2.44. The molecule has 1 saturated heterocycles. The van der Waals surface area contributed by atoms with Crippen LogP contribution >= 0.6 is 0 Å². The van der Waals surface area contributed by atoms with E-state index < -0.39 is 0 Å². The van der Waals surface area contributed by atoms with Crippen LogP contribution in [-0.2, 0) is 4.79 Å². The minimum absolute atomic E-state index is 0.00499. The van der Waals surface area contributed by atoms with Crippen molar-refractivity contribution in [1.29, 1.82) is 0 Å². The zero-order valence-electron chi connectivity index (χ0n) is 13.7. The van der Waals surface area contributed by atoms with Crippen LogP contribution in [0.15, 0.2) is 0 Å². The van der Waals surface area contributed by atoms with Gasteiger partial charge in [0.05, 0.1) is 5.41 Å². The molecular weight excluding hydrogens is 260 g/mol. The molecule has 0 radical (unpaired) electrons. The van der Waals surface area contributed by atoms with E-state index in [9.17, 15) is 4.79 Å². The number of carbonyl (C=O) groups is 1. The number of hydrogen-bond acceptors (Lipinski definition) is 2. The fourth-order valence-corrected chi connectivity index (χ4v) is 6.67. The maximum absolute atomic E-state index is 13.3. The summed E-state index contributed by atoms with van der Waals surface area (Å²) >= 11 is 0. The number of carbonyl (C=O) groups excluding carboxylic acids is 1. The minimum atomic E-state index is 0.00499. The molecular formula is C18H30N2O. The third-order valence-corrected chi connectivity index (χ3v) is 6.95. The van der Waals surface area contributed by atoms with Gasteiger partial charge in [-0.25, -0.2) is 0 Å². The predicted molar refractivity (Wildman–Crippen MR) is 83.9 cm³/mol. The summed E-state index contributed by atoms with van der Waals surface area (Å²) in [6, 6.07) is 0.423. The highest BCUT2D eigenvalue weighted by molar-refractivity contribution is 5.83. The molecule has 3 atom stereocenters. The van der Waals surface area contributed by atoms with Crippen LogP contribution in [0.25, 0.3) is 0 Å². The molecule has 3 heteroatoms. The molecule has 1 aliphatic heterocycles. The molecule has 5 rings (SSSR count). The highest BCUT2D eigenvalue weighted by atomic mass is 16.2. The first-order valence-corrected chi connectivity index (χ1v) is 8.98. The highest BCUT2D eigenvalue weighted by Crippen LogP contribution is 2.65. The van der Waals surface area contributed by atoms with Gasteiger partial charge in [-0.05, 0) is 75.2 Å². The number of amides is 1. The summed E-state index contributed by atoms with van der Waals surface area (Å²) < 4.78 is 0. The lowest BCUT2D eigenvalue weighted by Crippen LogP contribution is -2.59. The molecule has 5 fully saturated rings. The largest absolute Gasteiger partial charge is 0.341 e. The van der Waals surface area contributed by atoms with Crippen molar-refractivity contribution in [3.63, 3.8) is 0 Å². The second-order valence-corrected chi connectivity index (χ2v) is 8.97. The molecule has 3 nitrogen and oxygen atoms in total. The van der Waals surface area contributed by atoms with Crippen molar-refractivity contribution in [3.05, 3.63) is 0 Å². The Balaban J connectivity index is 1.55. The SMILES string of the molecule is CN(C(=O)C12CC3CC(CC(C)(C3)C1)C2)C1CCCNC1. The van der Waals surface area contributed by atoms with Gasteiger partial charge in [0.1, 0.15) is 0 Å². The van der Waals surface area contributed by atoms with Crippen molar-refractivity contribution in [2.45, 2.75) is 64.3 Å². The molecule has 5 aliphatic rings. The quantitative estimate of drug-likeness (QED) is 0.848. The van der Waals surface area contributed by atoms with Crippen molar-refractivity contribution in [2.75, 3.05) is 20.1 Å². The summed E-state index contributed by atoms with van der Waals surface area (Å²) in [5.74, 6) is 2.15. The summed E-state index contributed by atoms with van der Waals surface area (Å²) in [6.45, 7) is 4.56. The maximum Gasteiger partial charge on any atom is 0.228 e. The summed E-state index contributed by atoms with van der Waals surface area (Å²) in [5, 5.41) is 3.46. The molecule has 0 spiro atoms. The molecule has 1 heterocycles. The number of nitrogens with one attached hydrogen (secondary N) is 1. The van der Waals surface area contributed by atoms with E-state index in [0.29, 0.717) is 17.4 Å². The van der Waals surface area contributed by atoms with Crippen LogP contribution in [-0.4, -0.2) is 37.0 Å². The minimum Gasteiger partial charge on any atom is -0.341 e. The Hall–Kier alpha value is -0.570. The fourth-order valence-electron chi connectivity index (χ4n) is 6.67. The lowest BCUT2D eigenvalue weighted by atomic mass is 9.44. The summed E-state index contributed by atoms with van der Waals surface area (Å²) in [4.78, 5) is 15.5. The van der Waals surface area contributed by atoms with E-state index in [1.807, 2.05) is 0 Å². The van der Waals surface area contributed by atoms with Crippen molar-refractivity contribution >= 4 is 5.91 Å². The number of nitrogens with zero attached hydrogens (tertiary/aromatic N) is 1. The zero-order chi connectivity index (χ0) is 14.7. The molecule has 1 amide bonds. The molecule has 1 N–H and O–H groups in total. The van der Waals surface area contributed by atoms with E-state index in [4.69, 9.17) is 0 Å². The molecule has 0 aromatic rings. The molecule has 0 aromatic heterocycles.